The molecule has 0 aliphatic carbocycles. The van der Waals surface area contributed by atoms with Gasteiger partial charge in [-0.3, -0.25) is 9.62 Å². The largest absolute Gasteiger partial charge is 0.485 e. The van der Waals surface area contributed by atoms with Crippen molar-refractivity contribution in [3.8, 4) is 5.75 Å². The van der Waals surface area contributed by atoms with E-state index in [-0.39, 0.29) is 6.61 Å². The minimum atomic E-state index is -3.48. The Balaban J connectivity index is 1.94. The van der Waals surface area contributed by atoms with E-state index in [1.165, 1.54) is 4.90 Å². The van der Waals surface area contributed by atoms with E-state index >= 15 is 0 Å². The molecule has 9 heteroatoms. The van der Waals surface area contributed by atoms with Crippen LogP contribution in [0.25, 0.3) is 0 Å². The molecule has 0 bridgehead atoms. The van der Waals surface area contributed by atoms with Gasteiger partial charge in [-0.1, -0.05) is 36.4 Å². The average Bonchev–Trinajstić information content (AvgIpc) is 2.69. The number of amides is 1. The Labute approximate surface area is 201 Å². The summed E-state index contributed by atoms with van der Waals surface area (Å²) < 4.78 is 37.5. The van der Waals surface area contributed by atoms with Crippen LogP contribution < -0.4 is 9.46 Å². The van der Waals surface area contributed by atoms with E-state index in [1.807, 2.05) is 51.1 Å². The summed E-state index contributed by atoms with van der Waals surface area (Å²) in [7, 11) is -3.48. The SMILES string of the molecule is CC1(C)Oc2cc(NS(C)(=O)=O)ccc2[C@H](N(C(=O)OCCc2ccccc2)C(C)(C)C)[C@H]1O. The van der Waals surface area contributed by atoms with Crippen molar-refractivity contribution in [2.45, 2.75) is 64.3 Å². The number of aliphatic hydroxyl groups is 1. The van der Waals surface area contributed by atoms with Crippen LogP contribution in [-0.4, -0.2) is 54.6 Å². The first-order chi connectivity index (χ1) is 15.7. The van der Waals surface area contributed by atoms with Crippen molar-refractivity contribution in [2.75, 3.05) is 17.6 Å². The van der Waals surface area contributed by atoms with E-state index in [0.29, 0.717) is 23.4 Å². The highest BCUT2D eigenvalue weighted by Crippen LogP contribution is 2.46. The van der Waals surface area contributed by atoms with Gasteiger partial charge in [0.05, 0.1) is 24.6 Å². The molecule has 2 atom stereocenters. The summed E-state index contributed by atoms with van der Waals surface area (Å²) in [6, 6.07) is 13.8. The molecule has 186 valence electrons. The highest BCUT2D eigenvalue weighted by Gasteiger charge is 2.50. The van der Waals surface area contributed by atoms with Gasteiger partial charge in [0.2, 0.25) is 10.0 Å². The van der Waals surface area contributed by atoms with Gasteiger partial charge >= 0.3 is 6.09 Å². The third-order valence-electron chi connectivity index (χ3n) is 5.68. The van der Waals surface area contributed by atoms with Gasteiger partial charge in [-0.2, -0.15) is 0 Å². The van der Waals surface area contributed by atoms with Gasteiger partial charge in [-0.05, 0) is 46.2 Å². The summed E-state index contributed by atoms with van der Waals surface area (Å²) in [4.78, 5) is 14.9. The number of aliphatic hydroxyl groups excluding tert-OH is 1. The number of sulfonamides is 1. The molecule has 34 heavy (non-hydrogen) atoms. The lowest BCUT2D eigenvalue weighted by Crippen LogP contribution is -2.59. The van der Waals surface area contributed by atoms with Crippen molar-refractivity contribution in [1.82, 2.24) is 4.90 Å². The van der Waals surface area contributed by atoms with Gasteiger partial charge in [0.1, 0.15) is 17.5 Å². The fourth-order valence-electron chi connectivity index (χ4n) is 4.09. The molecule has 1 amide bonds. The van der Waals surface area contributed by atoms with Crippen LogP contribution in [0, 0.1) is 0 Å². The number of carbonyl (C=O) groups is 1. The summed E-state index contributed by atoms with van der Waals surface area (Å²) in [6.07, 6.45) is 0.0316. The van der Waals surface area contributed by atoms with Crippen molar-refractivity contribution in [2.24, 2.45) is 0 Å². The molecule has 2 aromatic rings. The van der Waals surface area contributed by atoms with Crippen LogP contribution >= 0.6 is 0 Å². The van der Waals surface area contributed by atoms with Crippen molar-refractivity contribution in [3.63, 3.8) is 0 Å². The van der Waals surface area contributed by atoms with E-state index in [1.54, 1.807) is 32.0 Å². The predicted molar refractivity (Wildman–Crippen MR) is 131 cm³/mol. The van der Waals surface area contributed by atoms with Gasteiger partial charge in [0.15, 0.2) is 0 Å². The molecule has 0 saturated carbocycles. The van der Waals surface area contributed by atoms with Crippen LogP contribution in [-0.2, 0) is 21.2 Å². The Bertz CT molecular complexity index is 1130. The highest BCUT2D eigenvalue weighted by molar-refractivity contribution is 7.92. The number of rotatable bonds is 6. The fourth-order valence-corrected chi connectivity index (χ4v) is 4.65. The second-order valence-electron chi connectivity index (χ2n) is 10.1. The molecule has 3 rings (SSSR count). The number of fused-ring (bicyclic) bond motifs is 1. The number of anilines is 1. The van der Waals surface area contributed by atoms with Crippen molar-refractivity contribution in [3.05, 3.63) is 59.7 Å². The quantitative estimate of drug-likeness (QED) is 0.631. The molecule has 0 unspecified atom stereocenters. The number of nitrogens with one attached hydrogen (secondary N) is 1. The maximum atomic E-state index is 13.4. The maximum absolute atomic E-state index is 13.4. The number of carbonyl (C=O) groups excluding carboxylic acids is 1. The van der Waals surface area contributed by atoms with Gasteiger partial charge in [-0.25, -0.2) is 13.2 Å². The van der Waals surface area contributed by atoms with E-state index < -0.39 is 39.4 Å². The third-order valence-corrected chi connectivity index (χ3v) is 6.28. The molecule has 1 aliphatic rings. The zero-order valence-electron chi connectivity index (χ0n) is 20.5. The second-order valence-corrected chi connectivity index (χ2v) is 11.9. The van der Waals surface area contributed by atoms with Crippen LogP contribution in [0.3, 0.4) is 0 Å². The smallest absolute Gasteiger partial charge is 0.410 e. The summed E-state index contributed by atoms with van der Waals surface area (Å²) in [5.74, 6) is 0.389. The lowest BCUT2D eigenvalue weighted by Gasteiger charge is -2.49. The molecule has 0 saturated heterocycles. The lowest BCUT2D eigenvalue weighted by atomic mass is 9.83. The average molecular weight is 491 g/mol. The van der Waals surface area contributed by atoms with Crippen LogP contribution in [0.5, 0.6) is 5.75 Å². The van der Waals surface area contributed by atoms with Gasteiger partial charge in [-0.15, -0.1) is 0 Å². The van der Waals surface area contributed by atoms with Gasteiger partial charge in [0, 0.05) is 23.6 Å². The van der Waals surface area contributed by atoms with Crippen molar-refractivity contribution >= 4 is 21.8 Å². The number of hydrogen-bond donors (Lipinski definition) is 2. The number of hydrogen-bond acceptors (Lipinski definition) is 6. The van der Waals surface area contributed by atoms with E-state index in [2.05, 4.69) is 4.72 Å². The van der Waals surface area contributed by atoms with E-state index in [0.717, 1.165) is 11.8 Å². The zero-order valence-corrected chi connectivity index (χ0v) is 21.3. The summed E-state index contributed by atoms with van der Waals surface area (Å²) in [5.41, 5.74) is 0.223. The van der Waals surface area contributed by atoms with Crippen molar-refractivity contribution in [1.29, 1.82) is 0 Å². The topological polar surface area (TPSA) is 105 Å². The predicted octanol–water partition coefficient (Wildman–Crippen LogP) is 4.11. The standard InChI is InChI=1S/C25H34N2O6S/c1-24(2,3)27(23(29)32-15-14-17-10-8-7-9-11-17)21-19-13-12-18(26-34(6,30)31)16-20(19)33-25(4,5)22(21)28/h7-13,16,21-22,26,28H,14-15H2,1-6H3/t21-,22+/m0/s1. The molecule has 2 N–H and O–H groups in total. The van der Waals surface area contributed by atoms with Gasteiger partial charge in [0.25, 0.3) is 0 Å². The Morgan fingerprint density at radius 2 is 1.82 bits per heavy atom. The van der Waals surface area contributed by atoms with E-state index in [9.17, 15) is 18.3 Å². The summed E-state index contributed by atoms with van der Waals surface area (Å²) in [5, 5.41) is 11.3. The Kier molecular flexibility index (Phi) is 7.19. The molecule has 2 aromatic carbocycles. The maximum Gasteiger partial charge on any atom is 0.410 e. The molecule has 1 aliphatic heterocycles. The Morgan fingerprint density at radius 3 is 2.41 bits per heavy atom. The minimum absolute atomic E-state index is 0.197. The van der Waals surface area contributed by atoms with Crippen LogP contribution in [0.4, 0.5) is 10.5 Å². The van der Waals surface area contributed by atoms with Gasteiger partial charge < -0.3 is 14.6 Å². The number of ether oxygens (including phenoxy) is 2. The number of nitrogens with zero attached hydrogens (tertiary/aromatic N) is 1. The Morgan fingerprint density at radius 1 is 1.18 bits per heavy atom. The first-order valence-corrected chi connectivity index (χ1v) is 13.1. The van der Waals surface area contributed by atoms with Crippen LogP contribution in [0.2, 0.25) is 0 Å². The normalized spacial score (nSPS) is 19.5. The Hall–Kier alpha value is -2.78. The molecule has 0 aromatic heterocycles. The summed E-state index contributed by atoms with van der Waals surface area (Å²) in [6.45, 7) is 9.28. The molecule has 8 nitrogen and oxygen atoms in total. The van der Waals surface area contributed by atoms with Crippen LogP contribution in [0.15, 0.2) is 48.5 Å². The molecule has 1 heterocycles. The van der Waals surface area contributed by atoms with Crippen LogP contribution in [0.1, 0.15) is 51.8 Å². The zero-order chi connectivity index (χ0) is 25.3. The number of benzene rings is 2. The first kappa shape index (κ1) is 25.8. The second kappa shape index (κ2) is 9.46. The molecule has 0 fully saturated rings. The highest BCUT2D eigenvalue weighted by atomic mass is 32.2. The molecular weight excluding hydrogens is 456 g/mol. The fraction of sp³-hybridized carbons (Fsp3) is 0.480. The molecule has 0 radical (unpaired) electrons. The lowest BCUT2D eigenvalue weighted by molar-refractivity contribution is -0.103. The molecular formula is C25H34N2O6S. The third kappa shape index (κ3) is 6.01. The first-order valence-electron chi connectivity index (χ1n) is 11.2. The summed E-state index contributed by atoms with van der Waals surface area (Å²) >= 11 is 0. The van der Waals surface area contributed by atoms with E-state index in [4.69, 9.17) is 9.47 Å². The molecule has 0 spiro atoms. The van der Waals surface area contributed by atoms with Crippen molar-refractivity contribution < 1.29 is 27.8 Å². The monoisotopic (exact) mass is 490 g/mol. The minimum Gasteiger partial charge on any atom is -0.485 e.